The van der Waals surface area contributed by atoms with Crippen LogP contribution in [0.3, 0.4) is 0 Å². The summed E-state index contributed by atoms with van der Waals surface area (Å²) in [5.41, 5.74) is 1.53. The highest BCUT2D eigenvalue weighted by Gasteiger charge is 2.16. The topological polar surface area (TPSA) is 54.3 Å². The van der Waals surface area contributed by atoms with Gasteiger partial charge in [-0.3, -0.25) is 4.79 Å². The van der Waals surface area contributed by atoms with Gasteiger partial charge in [-0.2, -0.15) is 0 Å². The van der Waals surface area contributed by atoms with Gasteiger partial charge >= 0.3 is 0 Å². The number of nitrogens with zero attached hydrogens (tertiary/aromatic N) is 1. The predicted molar refractivity (Wildman–Crippen MR) is 78.9 cm³/mol. The molecule has 106 valence electrons. The largest absolute Gasteiger partial charge is 0.394 e. The fourth-order valence-electron chi connectivity index (χ4n) is 1.99. The van der Waals surface area contributed by atoms with Crippen molar-refractivity contribution in [2.24, 2.45) is 5.92 Å². The number of aliphatic hydroxyl groups is 1. The van der Waals surface area contributed by atoms with Crippen LogP contribution < -0.4 is 5.32 Å². The van der Waals surface area contributed by atoms with E-state index in [-0.39, 0.29) is 24.5 Å². The lowest BCUT2D eigenvalue weighted by atomic mass is 10.0. The minimum Gasteiger partial charge on any atom is -0.394 e. The van der Waals surface area contributed by atoms with E-state index >= 15 is 0 Å². The zero-order chi connectivity index (χ0) is 14.5. The zero-order valence-corrected chi connectivity index (χ0v) is 11.8. The average molecular weight is 272 g/mol. The van der Waals surface area contributed by atoms with Gasteiger partial charge in [0.1, 0.15) is 0 Å². The van der Waals surface area contributed by atoms with Gasteiger partial charge in [-0.25, -0.2) is 0 Å². The molecule has 4 heteroatoms. The summed E-state index contributed by atoms with van der Waals surface area (Å²) in [5, 5.41) is 12.1. The molecule has 1 atom stereocenters. The van der Waals surface area contributed by atoms with E-state index in [0.29, 0.717) is 5.56 Å². The lowest BCUT2D eigenvalue weighted by Crippen LogP contribution is -2.41. The number of aromatic nitrogens is 1. The van der Waals surface area contributed by atoms with Crippen LogP contribution in [0, 0.1) is 5.92 Å². The van der Waals surface area contributed by atoms with Crippen LogP contribution in [0.15, 0.2) is 48.8 Å². The molecule has 0 bridgehead atoms. The molecule has 0 aliphatic heterocycles. The summed E-state index contributed by atoms with van der Waals surface area (Å²) >= 11 is 0. The van der Waals surface area contributed by atoms with Gasteiger partial charge in [0.15, 0.2) is 0 Å². The number of benzene rings is 1. The smallest absolute Gasteiger partial charge is 0.251 e. The third-order valence-corrected chi connectivity index (χ3v) is 3.33. The maximum Gasteiger partial charge on any atom is 0.251 e. The van der Waals surface area contributed by atoms with Crippen LogP contribution in [0.2, 0.25) is 0 Å². The van der Waals surface area contributed by atoms with Crippen molar-refractivity contribution < 1.29 is 9.90 Å². The van der Waals surface area contributed by atoms with Crippen LogP contribution in [0.4, 0.5) is 0 Å². The molecule has 0 aliphatic rings. The second kappa shape index (κ2) is 6.39. The highest BCUT2D eigenvalue weighted by Crippen LogP contribution is 2.12. The highest BCUT2D eigenvalue weighted by atomic mass is 16.3. The van der Waals surface area contributed by atoms with Crippen molar-refractivity contribution in [1.29, 1.82) is 0 Å². The number of nitrogens with one attached hydrogen (secondary N) is 1. The zero-order valence-electron chi connectivity index (χ0n) is 11.8. The summed E-state index contributed by atoms with van der Waals surface area (Å²) in [5.74, 6) is 0.0309. The lowest BCUT2D eigenvalue weighted by molar-refractivity contribution is 0.0897. The minimum absolute atomic E-state index is 0.0549. The average Bonchev–Trinajstić information content (AvgIpc) is 2.98. The molecule has 1 aromatic heterocycles. The third-order valence-electron chi connectivity index (χ3n) is 3.33. The van der Waals surface area contributed by atoms with E-state index in [4.69, 9.17) is 0 Å². The number of carbonyl (C=O) groups is 1. The van der Waals surface area contributed by atoms with Crippen molar-refractivity contribution in [2.75, 3.05) is 6.61 Å². The molecule has 0 saturated heterocycles. The van der Waals surface area contributed by atoms with E-state index in [2.05, 4.69) is 5.32 Å². The molecule has 1 aromatic carbocycles. The Morgan fingerprint density at radius 1 is 1.25 bits per heavy atom. The van der Waals surface area contributed by atoms with Gasteiger partial charge in [0.25, 0.3) is 5.91 Å². The lowest BCUT2D eigenvalue weighted by Gasteiger charge is -2.20. The molecule has 1 heterocycles. The van der Waals surface area contributed by atoms with E-state index in [1.165, 1.54) is 0 Å². The van der Waals surface area contributed by atoms with Crippen LogP contribution in [0.1, 0.15) is 24.2 Å². The second-order valence-electron chi connectivity index (χ2n) is 5.15. The molecule has 1 unspecified atom stereocenters. The summed E-state index contributed by atoms with van der Waals surface area (Å²) in [6, 6.07) is 11.1. The molecular formula is C16H20N2O2. The minimum atomic E-state index is -0.224. The maximum absolute atomic E-state index is 12.2. The van der Waals surface area contributed by atoms with Gasteiger partial charge in [-0.1, -0.05) is 19.9 Å². The van der Waals surface area contributed by atoms with Crippen molar-refractivity contribution in [3.8, 4) is 5.69 Å². The Morgan fingerprint density at radius 3 is 2.55 bits per heavy atom. The SMILES string of the molecule is CC(C)C(CO)NC(=O)c1cccc(-n2cccc2)c1. The number of hydrogen-bond donors (Lipinski definition) is 2. The fraction of sp³-hybridized carbons (Fsp3) is 0.312. The predicted octanol–water partition coefficient (Wildman–Crippen LogP) is 2.22. The quantitative estimate of drug-likeness (QED) is 0.877. The van der Waals surface area contributed by atoms with Gasteiger partial charge in [0.2, 0.25) is 0 Å². The van der Waals surface area contributed by atoms with Gasteiger partial charge < -0.3 is 15.0 Å². The van der Waals surface area contributed by atoms with Crippen molar-refractivity contribution in [1.82, 2.24) is 9.88 Å². The monoisotopic (exact) mass is 272 g/mol. The molecule has 0 spiro atoms. The van der Waals surface area contributed by atoms with E-state index in [0.717, 1.165) is 5.69 Å². The van der Waals surface area contributed by atoms with Crippen molar-refractivity contribution in [3.05, 3.63) is 54.4 Å². The molecule has 0 fully saturated rings. The molecule has 4 nitrogen and oxygen atoms in total. The van der Waals surface area contributed by atoms with Crippen LogP contribution >= 0.6 is 0 Å². The van der Waals surface area contributed by atoms with E-state index in [9.17, 15) is 9.90 Å². The number of hydrogen-bond acceptors (Lipinski definition) is 2. The molecular weight excluding hydrogens is 252 g/mol. The van der Waals surface area contributed by atoms with Crippen molar-refractivity contribution in [3.63, 3.8) is 0 Å². The van der Waals surface area contributed by atoms with Crippen LogP contribution in [-0.4, -0.2) is 28.2 Å². The summed E-state index contributed by atoms with van der Waals surface area (Å²) < 4.78 is 1.95. The van der Waals surface area contributed by atoms with E-state index in [1.807, 2.05) is 61.1 Å². The summed E-state index contributed by atoms with van der Waals surface area (Å²) in [6.07, 6.45) is 3.86. The molecule has 20 heavy (non-hydrogen) atoms. The maximum atomic E-state index is 12.2. The second-order valence-corrected chi connectivity index (χ2v) is 5.15. The number of amides is 1. The summed E-state index contributed by atoms with van der Waals surface area (Å²) in [7, 11) is 0. The standard InChI is InChI=1S/C16H20N2O2/c1-12(2)15(11-19)17-16(20)13-6-5-7-14(10-13)18-8-3-4-9-18/h3-10,12,15,19H,11H2,1-2H3,(H,17,20). The first kappa shape index (κ1) is 14.3. The Balaban J connectivity index is 2.17. The molecule has 2 aromatic rings. The number of rotatable bonds is 5. The Kier molecular flexibility index (Phi) is 4.58. The van der Waals surface area contributed by atoms with Crippen LogP contribution in [0.25, 0.3) is 5.69 Å². The molecule has 1 amide bonds. The number of aliphatic hydroxyl groups excluding tert-OH is 1. The molecule has 0 saturated carbocycles. The van der Waals surface area contributed by atoms with Crippen LogP contribution in [0.5, 0.6) is 0 Å². The normalized spacial score (nSPS) is 12.4. The van der Waals surface area contributed by atoms with Crippen molar-refractivity contribution >= 4 is 5.91 Å². The molecule has 2 N–H and O–H groups in total. The fourth-order valence-corrected chi connectivity index (χ4v) is 1.99. The third kappa shape index (κ3) is 3.27. The first-order valence-corrected chi connectivity index (χ1v) is 6.77. The van der Waals surface area contributed by atoms with E-state index < -0.39 is 0 Å². The first-order valence-electron chi connectivity index (χ1n) is 6.77. The van der Waals surface area contributed by atoms with Gasteiger partial charge in [-0.15, -0.1) is 0 Å². The van der Waals surface area contributed by atoms with Crippen LogP contribution in [-0.2, 0) is 0 Å². The highest BCUT2D eigenvalue weighted by molar-refractivity contribution is 5.94. The van der Waals surface area contributed by atoms with Gasteiger partial charge in [0.05, 0.1) is 12.6 Å². The first-order chi connectivity index (χ1) is 9.61. The Bertz CT molecular complexity index is 562. The Morgan fingerprint density at radius 2 is 1.95 bits per heavy atom. The molecule has 0 radical (unpaired) electrons. The van der Waals surface area contributed by atoms with E-state index in [1.54, 1.807) is 6.07 Å². The summed E-state index contributed by atoms with van der Waals surface area (Å²) in [6.45, 7) is 3.88. The number of carbonyl (C=O) groups excluding carboxylic acids is 1. The molecule has 2 rings (SSSR count). The van der Waals surface area contributed by atoms with Crippen molar-refractivity contribution in [2.45, 2.75) is 19.9 Å². The van der Waals surface area contributed by atoms with Gasteiger partial charge in [0, 0.05) is 23.6 Å². The van der Waals surface area contributed by atoms with Gasteiger partial charge in [-0.05, 0) is 36.2 Å². The molecule has 0 aliphatic carbocycles. The Labute approximate surface area is 119 Å². The Hall–Kier alpha value is -2.07. The summed E-state index contributed by atoms with van der Waals surface area (Å²) in [4.78, 5) is 12.2.